The molecular formula is C60H112NO8+. The van der Waals surface area contributed by atoms with Gasteiger partial charge in [-0.05, 0) is 44.9 Å². The first-order valence-electron chi connectivity index (χ1n) is 29.2. The molecule has 9 nitrogen and oxygen atoms in total. The summed E-state index contributed by atoms with van der Waals surface area (Å²) in [5, 5.41) is 9.68. The van der Waals surface area contributed by atoms with Gasteiger partial charge in [0, 0.05) is 12.8 Å². The van der Waals surface area contributed by atoms with Crippen LogP contribution in [-0.2, 0) is 33.3 Å². The van der Waals surface area contributed by atoms with Gasteiger partial charge in [-0.2, -0.15) is 0 Å². The fraction of sp³-hybridized carbons (Fsp3) is 0.850. The Labute approximate surface area is 426 Å². The Morgan fingerprint density at radius 2 is 0.826 bits per heavy atom. The summed E-state index contributed by atoms with van der Waals surface area (Å²) < 4.78 is 22.8. The van der Waals surface area contributed by atoms with E-state index < -0.39 is 24.3 Å². The third-order valence-corrected chi connectivity index (χ3v) is 12.9. The summed E-state index contributed by atoms with van der Waals surface area (Å²) in [6.45, 7) is 4.78. The molecule has 0 aliphatic rings. The molecule has 69 heavy (non-hydrogen) atoms. The minimum absolute atomic E-state index is 0.185. The van der Waals surface area contributed by atoms with Gasteiger partial charge in [-0.1, -0.05) is 249 Å². The zero-order chi connectivity index (χ0) is 50.6. The summed E-state index contributed by atoms with van der Waals surface area (Å²) in [4.78, 5) is 37.3. The summed E-state index contributed by atoms with van der Waals surface area (Å²) in [6.07, 6.45) is 59.6. The van der Waals surface area contributed by atoms with Crippen molar-refractivity contribution in [2.45, 2.75) is 283 Å². The molecule has 0 amide bonds. The van der Waals surface area contributed by atoms with Gasteiger partial charge in [-0.3, -0.25) is 9.59 Å². The Balaban J connectivity index is 4.10. The summed E-state index contributed by atoms with van der Waals surface area (Å²) in [7, 11) is 5.96. The predicted molar refractivity (Wildman–Crippen MR) is 291 cm³/mol. The second kappa shape index (κ2) is 51.9. The lowest BCUT2D eigenvalue weighted by Gasteiger charge is -2.25. The topological polar surface area (TPSA) is 108 Å². The molecule has 0 bridgehead atoms. The van der Waals surface area contributed by atoms with Gasteiger partial charge in [-0.25, -0.2) is 4.79 Å². The summed E-state index contributed by atoms with van der Waals surface area (Å²) in [5.41, 5.74) is 0. The summed E-state index contributed by atoms with van der Waals surface area (Å²) in [6, 6.07) is 0. The Hall–Kier alpha value is -2.49. The highest BCUT2D eigenvalue weighted by atomic mass is 16.7. The highest BCUT2D eigenvalue weighted by Gasteiger charge is 2.25. The van der Waals surface area contributed by atoms with Crippen LogP contribution >= 0.6 is 0 Å². The maximum Gasteiger partial charge on any atom is 0.361 e. The summed E-state index contributed by atoms with van der Waals surface area (Å²) >= 11 is 0. The van der Waals surface area contributed by atoms with E-state index in [1.807, 2.05) is 21.1 Å². The van der Waals surface area contributed by atoms with Gasteiger partial charge in [0.25, 0.3) is 6.29 Å². The van der Waals surface area contributed by atoms with E-state index in [0.717, 1.165) is 70.6 Å². The van der Waals surface area contributed by atoms with Gasteiger partial charge < -0.3 is 28.5 Å². The molecule has 0 rings (SSSR count). The van der Waals surface area contributed by atoms with Crippen molar-refractivity contribution in [1.29, 1.82) is 0 Å². The quantitative estimate of drug-likeness (QED) is 0.0211. The average Bonchev–Trinajstić information content (AvgIpc) is 3.31. The van der Waals surface area contributed by atoms with Crippen molar-refractivity contribution < 1.29 is 42.9 Å². The molecule has 0 radical (unpaired) electrons. The van der Waals surface area contributed by atoms with Crippen molar-refractivity contribution >= 4 is 17.9 Å². The first kappa shape index (κ1) is 66.5. The van der Waals surface area contributed by atoms with Crippen molar-refractivity contribution in [3.63, 3.8) is 0 Å². The molecule has 404 valence electrons. The molecule has 0 saturated carbocycles. The molecule has 0 heterocycles. The van der Waals surface area contributed by atoms with E-state index in [4.69, 9.17) is 18.9 Å². The Bertz CT molecular complexity index is 1230. The smallest absolute Gasteiger partial charge is 0.361 e. The molecule has 0 aromatic rings. The van der Waals surface area contributed by atoms with E-state index in [1.54, 1.807) is 0 Å². The largest absolute Gasteiger partial charge is 0.477 e. The highest BCUT2D eigenvalue weighted by Crippen LogP contribution is 2.17. The molecular weight excluding hydrogens is 863 g/mol. The fourth-order valence-corrected chi connectivity index (χ4v) is 8.44. The predicted octanol–water partition coefficient (Wildman–Crippen LogP) is 16.9. The molecule has 0 fully saturated rings. The van der Waals surface area contributed by atoms with Crippen LogP contribution in [0, 0.1) is 0 Å². The molecule has 0 aromatic carbocycles. The number of esters is 2. The number of carbonyl (C=O) groups is 3. The third kappa shape index (κ3) is 53.1. The molecule has 0 aromatic heterocycles. The number of ether oxygens (including phenoxy) is 4. The van der Waals surface area contributed by atoms with Crippen LogP contribution in [0.2, 0.25) is 0 Å². The number of likely N-dealkylation sites (N-methyl/N-ethyl adjacent to an activating group) is 1. The van der Waals surface area contributed by atoms with Gasteiger partial charge in [0.2, 0.25) is 0 Å². The lowest BCUT2D eigenvalue weighted by atomic mass is 10.0. The standard InChI is InChI=1S/C60H111NO8/c1-6-8-10-12-14-16-18-20-22-23-24-25-26-27-28-29-30-31-32-33-34-35-37-38-40-42-44-46-48-50-57(62)67-54-56(55-68-60(59(64)65)66-53-52-61(3,4)5)69-58(63)51-49-47-45-43-41-39-36-21-19-17-15-13-11-9-7-2/h9,11,15,17,21,36,56,60H,6-8,10,12-14,16,18-20,22-35,37-55H2,1-5H3/p+1/b11-9-,17-15-,36-21-. The van der Waals surface area contributed by atoms with Crippen molar-refractivity contribution in [2.24, 2.45) is 0 Å². The van der Waals surface area contributed by atoms with Gasteiger partial charge in [0.1, 0.15) is 13.2 Å². The van der Waals surface area contributed by atoms with Crippen molar-refractivity contribution in [1.82, 2.24) is 0 Å². The van der Waals surface area contributed by atoms with Crippen LogP contribution in [0.1, 0.15) is 271 Å². The normalized spacial score (nSPS) is 13.0. The number of carboxylic acid groups (broad SMARTS) is 1. The number of carbonyl (C=O) groups excluding carboxylic acids is 2. The highest BCUT2D eigenvalue weighted by molar-refractivity contribution is 5.71. The van der Waals surface area contributed by atoms with Crippen molar-refractivity contribution in [3.05, 3.63) is 36.5 Å². The second-order valence-corrected chi connectivity index (χ2v) is 20.9. The molecule has 0 aliphatic heterocycles. The minimum atomic E-state index is -1.51. The molecule has 2 atom stereocenters. The molecule has 0 aliphatic carbocycles. The van der Waals surface area contributed by atoms with Crippen LogP contribution in [0.25, 0.3) is 0 Å². The maximum absolute atomic E-state index is 12.8. The Kier molecular flexibility index (Phi) is 50.0. The van der Waals surface area contributed by atoms with Gasteiger partial charge in [-0.15, -0.1) is 0 Å². The lowest BCUT2D eigenvalue weighted by Crippen LogP contribution is -2.40. The first-order chi connectivity index (χ1) is 33.6. The van der Waals surface area contributed by atoms with Crippen molar-refractivity contribution in [3.8, 4) is 0 Å². The van der Waals surface area contributed by atoms with Crippen LogP contribution < -0.4 is 0 Å². The van der Waals surface area contributed by atoms with Crippen LogP contribution in [0.3, 0.4) is 0 Å². The number of quaternary nitrogens is 1. The molecule has 2 unspecified atom stereocenters. The molecule has 0 saturated heterocycles. The van der Waals surface area contributed by atoms with Gasteiger partial charge in [0.15, 0.2) is 6.10 Å². The Morgan fingerprint density at radius 1 is 0.449 bits per heavy atom. The number of nitrogens with zero attached hydrogens (tertiary/aromatic N) is 1. The number of unbranched alkanes of at least 4 members (excludes halogenated alkanes) is 33. The van der Waals surface area contributed by atoms with Crippen molar-refractivity contribution in [2.75, 3.05) is 47.5 Å². The van der Waals surface area contributed by atoms with Crippen LogP contribution in [0.5, 0.6) is 0 Å². The van der Waals surface area contributed by atoms with E-state index in [2.05, 4.69) is 50.3 Å². The number of hydrogen-bond donors (Lipinski definition) is 1. The van der Waals surface area contributed by atoms with Crippen LogP contribution in [-0.4, -0.2) is 87.4 Å². The average molecular weight is 976 g/mol. The van der Waals surface area contributed by atoms with E-state index in [0.29, 0.717) is 23.9 Å². The zero-order valence-electron chi connectivity index (χ0n) is 46.0. The monoisotopic (exact) mass is 975 g/mol. The van der Waals surface area contributed by atoms with Gasteiger partial charge >= 0.3 is 17.9 Å². The number of hydrogen-bond acceptors (Lipinski definition) is 7. The third-order valence-electron chi connectivity index (χ3n) is 12.9. The molecule has 1 N–H and O–H groups in total. The zero-order valence-corrected chi connectivity index (χ0v) is 46.0. The van der Waals surface area contributed by atoms with Gasteiger partial charge in [0.05, 0.1) is 34.4 Å². The fourth-order valence-electron chi connectivity index (χ4n) is 8.44. The maximum atomic E-state index is 12.8. The number of allylic oxidation sites excluding steroid dienone is 6. The second-order valence-electron chi connectivity index (χ2n) is 20.9. The van der Waals surface area contributed by atoms with E-state index in [-0.39, 0.29) is 32.2 Å². The number of rotatable bonds is 54. The minimum Gasteiger partial charge on any atom is -0.477 e. The number of carboxylic acids is 1. The SMILES string of the molecule is CC/C=C\C/C=C\C/C=C\CCCCCCCC(=O)OC(COC(=O)CCCCCCCCCCCCCCCCCCCCCCCCCCCCCCC)COC(OCC[N+](C)(C)C)C(=O)O. The van der Waals surface area contributed by atoms with Crippen LogP contribution in [0.15, 0.2) is 36.5 Å². The molecule has 9 heteroatoms. The van der Waals surface area contributed by atoms with E-state index in [9.17, 15) is 19.5 Å². The van der Waals surface area contributed by atoms with Crippen LogP contribution in [0.4, 0.5) is 0 Å². The van der Waals surface area contributed by atoms with E-state index in [1.165, 1.54) is 167 Å². The first-order valence-corrected chi connectivity index (χ1v) is 29.2. The molecule has 0 spiro atoms. The Morgan fingerprint density at radius 3 is 1.23 bits per heavy atom. The van der Waals surface area contributed by atoms with E-state index >= 15 is 0 Å². The number of aliphatic carboxylic acids is 1. The lowest BCUT2D eigenvalue weighted by molar-refractivity contribution is -0.870. The summed E-state index contributed by atoms with van der Waals surface area (Å²) in [5.74, 6) is -2.02.